The van der Waals surface area contributed by atoms with Gasteiger partial charge < -0.3 is 15.3 Å². The van der Waals surface area contributed by atoms with Gasteiger partial charge in [-0.1, -0.05) is 18.2 Å². The predicted octanol–water partition coefficient (Wildman–Crippen LogP) is 5.03. The predicted molar refractivity (Wildman–Crippen MR) is 153 cm³/mol. The van der Waals surface area contributed by atoms with Crippen LogP contribution in [0, 0.1) is 11.6 Å². The van der Waals surface area contributed by atoms with Crippen molar-refractivity contribution in [1.29, 1.82) is 0 Å². The molecule has 0 aliphatic heterocycles. The molecule has 0 aliphatic carbocycles. The van der Waals surface area contributed by atoms with Gasteiger partial charge in [0.1, 0.15) is 17.4 Å². The molecule has 8 nitrogen and oxygen atoms in total. The van der Waals surface area contributed by atoms with Gasteiger partial charge in [-0.3, -0.25) is 14.6 Å². The van der Waals surface area contributed by atoms with E-state index in [1.807, 2.05) is 30.3 Å². The first-order valence-corrected chi connectivity index (χ1v) is 13.2. The molecule has 0 spiro atoms. The number of carbonyl (C=O) groups excluding carboxylic acids is 2. The standard InChI is InChI=1S/C29H27F2N5O3S/c1-36(2)27(38)14-21(17-40-22-6-4-3-5-7-22)34-28-23-10-8-20(31)13-25(23)32-16-24(28)29(39)35-33-15-18-12-19(30)9-11-26(18)37/h3-13,15-16,21,37H,14,17H2,1-2H3,(H,32,34)(H,35,39)/b33-15+. The number of hydrogen-bond acceptors (Lipinski definition) is 7. The number of thioether (sulfide) groups is 1. The third-order valence-corrected chi connectivity index (χ3v) is 7.07. The quantitative estimate of drug-likeness (QED) is 0.142. The van der Waals surface area contributed by atoms with Crippen molar-refractivity contribution in [2.75, 3.05) is 25.2 Å². The summed E-state index contributed by atoms with van der Waals surface area (Å²) in [6.07, 6.45) is 2.54. The van der Waals surface area contributed by atoms with E-state index in [4.69, 9.17) is 0 Å². The Balaban J connectivity index is 1.65. The largest absolute Gasteiger partial charge is 0.507 e. The fourth-order valence-corrected chi connectivity index (χ4v) is 4.75. The van der Waals surface area contributed by atoms with Crippen molar-refractivity contribution in [3.63, 3.8) is 0 Å². The fraction of sp³-hybridized carbons (Fsp3) is 0.172. The van der Waals surface area contributed by atoms with Gasteiger partial charge in [0.25, 0.3) is 5.91 Å². The lowest BCUT2D eigenvalue weighted by atomic mass is 10.1. The first kappa shape index (κ1) is 28.5. The number of nitrogens with one attached hydrogen (secondary N) is 2. The Kier molecular flexibility index (Phi) is 9.28. The van der Waals surface area contributed by atoms with Crippen molar-refractivity contribution in [3.8, 4) is 5.75 Å². The zero-order valence-electron chi connectivity index (χ0n) is 21.8. The molecule has 3 N–H and O–H groups in total. The van der Waals surface area contributed by atoms with Crippen LogP contribution in [-0.2, 0) is 4.79 Å². The molecule has 0 fully saturated rings. The third kappa shape index (κ3) is 7.32. The molecule has 0 radical (unpaired) electrons. The van der Waals surface area contributed by atoms with E-state index >= 15 is 0 Å². The number of phenolic OH excluding ortho intramolecular Hbond substituents is 1. The van der Waals surface area contributed by atoms with E-state index in [0.717, 1.165) is 23.2 Å². The van der Waals surface area contributed by atoms with Crippen LogP contribution in [0.1, 0.15) is 22.3 Å². The minimum Gasteiger partial charge on any atom is -0.507 e. The number of phenols is 1. The molecule has 1 unspecified atom stereocenters. The fourth-order valence-electron chi connectivity index (χ4n) is 3.81. The van der Waals surface area contributed by atoms with Crippen LogP contribution in [-0.4, -0.2) is 58.9 Å². The molecule has 3 aromatic carbocycles. The lowest BCUT2D eigenvalue weighted by Crippen LogP contribution is -2.33. The Morgan fingerprint density at radius 1 is 1.07 bits per heavy atom. The molecule has 206 valence electrons. The minimum atomic E-state index is -0.651. The highest BCUT2D eigenvalue weighted by molar-refractivity contribution is 7.99. The van der Waals surface area contributed by atoms with Gasteiger partial charge in [-0.25, -0.2) is 14.2 Å². The van der Waals surface area contributed by atoms with E-state index in [2.05, 4.69) is 20.8 Å². The van der Waals surface area contributed by atoms with Gasteiger partial charge in [0.05, 0.1) is 23.0 Å². The highest BCUT2D eigenvalue weighted by Crippen LogP contribution is 2.29. The van der Waals surface area contributed by atoms with E-state index in [1.54, 1.807) is 25.9 Å². The van der Waals surface area contributed by atoms with Gasteiger partial charge >= 0.3 is 0 Å². The second-order valence-corrected chi connectivity index (χ2v) is 10.2. The Labute approximate surface area is 234 Å². The molecular formula is C29H27F2N5O3S. The molecule has 1 aromatic heterocycles. The molecule has 1 atom stereocenters. The van der Waals surface area contributed by atoms with Gasteiger partial charge in [0.2, 0.25) is 5.91 Å². The number of hydrazone groups is 1. The van der Waals surface area contributed by atoms with E-state index in [0.29, 0.717) is 22.3 Å². The Morgan fingerprint density at radius 3 is 2.55 bits per heavy atom. The Hall–Kier alpha value is -4.51. The van der Waals surface area contributed by atoms with Gasteiger partial charge in [0, 0.05) is 60.4 Å². The molecule has 0 bridgehead atoms. The van der Waals surface area contributed by atoms with E-state index < -0.39 is 23.6 Å². The summed E-state index contributed by atoms with van der Waals surface area (Å²) >= 11 is 1.55. The molecule has 0 saturated carbocycles. The summed E-state index contributed by atoms with van der Waals surface area (Å²) < 4.78 is 27.5. The van der Waals surface area contributed by atoms with Crippen LogP contribution in [0.15, 0.2) is 82.9 Å². The lowest BCUT2D eigenvalue weighted by Gasteiger charge is -2.23. The molecular weight excluding hydrogens is 536 g/mol. The highest BCUT2D eigenvalue weighted by Gasteiger charge is 2.22. The number of pyridine rings is 1. The van der Waals surface area contributed by atoms with Crippen LogP contribution in [0.4, 0.5) is 14.5 Å². The van der Waals surface area contributed by atoms with Gasteiger partial charge in [0.15, 0.2) is 0 Å². The molecule has 4 aromatic rings. The molecule has 0 aliphatic rings. The third-order valence-electron chi connectivity index (χ3n) is 5.90. The normalized spacial score (nSPS) is 11.9. The maximum absolute atomic E-state index is 14.0. The van der Waals surface area contributed by atoms with Crippen LogP contribution in [0.25, 0.3) is 10.9 Å². The number of amides is 2. The van der Waals surface area contributed by atoms with Crippen molar-refractivity contribution in [2.45, 2.75) is 17.4 Å². The Bertz CT molecular complexity index is 1550. The highest BCUT2D eigenvalue weighted by atomic mass is 32.2. The smallest absolute Gasteiger partial charge is 0.275 e. The van der Waals surface area contributed by atoms with Crippen LogP contribution >= 0.6 is 11.8 Å². The van der Waals surface area contributed by atoms with Crippen molar-refractivity contribution in [2.24, 2.45) is 5.10 Å². The first-order chi connectivity index (χ1) is 19.2. The number of halogens is 2. The first-order valence-electron chi connectivity index (χ1n) is 12.3. The monoisotopic (exact) mass is 563 g/mol. The van der Waals surface area contributed by atoms with Crippen molar-refractivity contribution in [1.82, 2.24) is 15.3 Å². The van der Waals surface area contributed by atoms with Crippen LogP contribution in [0.5, 0.6) is 5.75 Å². The zero-order valence-corrected chi connectivity index (χ0v) is 22.6. The summed E-state index contributed by atoms with van der Waals surface area (Å²) in [6.45, 7) is 0. The van der Waals surface area contributed by atoms with Gasteiger partial charge in [-0.15, -0.1) is 11.8 Å². The Morgan fingerprint density at radius 2 is 1.80 bits per heavy atom. The average molecular weight is 564 g/mol. The summed E-state index contributed by atoms with van der Waals surface area (Å²) in [5.74, 6) is -1.54. The van der Waals surface area contributed by atoms with Crippen molar-refractivity contribution >= 4 is 46.4 Å². The number of benzene rings is 3. The van der Waals surface area contributed by atoms with Crippen molar-refractivity contribution < 1.29 is 23.5 Å². The SMILES string of the molecule is CN(C)C(=O)CC(CSc1ccccc1)Nc1c(C(=O)N/N=C/c2cc(F)ccc2O)cnc2cc(F)ccc12. The number of fused-ring (bicyclic) bond motifs is 1. The number of aromatic hydroxyl groups is 1. The number of hydrogen-bond donors (Lipinski definition) is 3. The number of nitrogens with zero attached hydrogens (tertiary/aromatic N) is 3. The summed E-state index contributed by atoms with van der Waals surface area (Å²) in [7, 11) is 3.34. The average Bonchev–Trinajstić information content (AvgIpc) is 2.93. The summed E-state index contributed by atoms with van der Waals surface area (Å²) in [4.78, 5) is 32.6. The second kappa shape index (κ2) is 13.0. The van der Waals surface area contributed by atoms with Gasteiger partial charge in [-0.2, -0.15) is 5.10 Å². The molecule has 0 saturated heterocycles. The molecule has 40 heavy (non-hydrogen) atoms. The van der Waals surface area contributed by atoms with Crippen LogP contribution < -0.4 is 10.7 Å². The molecule has 1 heterocycles. The number of anilines is 1. The van der Waals surface area contributed by atoms with Crippen LogP contribution in [0.3, 0.4) is 0 Å². The molecule has 11 heteroatoms. The van der Waals surface area contributed by atoms with E-state index in [-0.39, 0.29) is 29.2 Å². The molecule has 4 rings (SSSR count). The summed E-state index contributed by atoms with van der Waals surface area (Å²) in [5, 5.41) is 17.6. The van der Waals surface area contributed by atoms with Gasteiger partial charge in [-0.05, 0) is 42.5 Å². The number of carbonyl (C=O) groups is 2. The van der Waals surface area contributed by atoms with Crippen molar-refractivity contribution in [3.05, 3.63) is 95.7 Å². The maximum Gasteiger partial charge on any atom is 0.275 e. The maximum atomic E-state index is 14.0. The molecule has 2 amide bonds. The summed E-state index contributed by atoms with van der Waals surface area (Å²) in [5.41, 5.74) is 3.22. The second-order valence-electron chi connectivity index (χ2n) is 9.07. The van der Waals surface area contributed by atoms with E-state index in [1.165, 1.54) is 35.4 Å². The summed E-state index contributed by atoms with van der Waals surface area (Å²) in [6, 6.07) is 16.7. The van der Waals surface area contributed by atoms with E-state index in [9.17, 15) is 23.5 Å². The number of rotatable bonds is 10. The van der Waals surface area contributed by atoms with Crippen LogP contribution in [0.2, 0.25) is 0 Å². The topological polar surface area (TPSA) is 107 Å². The number of aromatic nitrogens is 1. The lowest BCUT2D eigenvalue weighted by molar-refractivity contribution is -0.128. The minimum absolute atomic E-state index is 0.0750. The zero-order chi connectivity index (χ0) is 28.6.